The largest absolute Gasteiger partial charge is 0.108 e. The zero-order valence-corrected chi connectivity index (χ0v) is 7.71. The molecule has 8 heavy (non-hydrogen) atoms. The quantitative estimate of drug-likeness (QED) is 0.464. The van der Waals surface area contributed by atoms with Gasteiger partial charge in [-0.15, -0.1) is 7.92 Å². The van der Waals surface area contributed by atoms with E-state index in [1.165, 1.54) is 18.5 Å². The standard InChI is InChI=1S/C6H15P.Cu/c1-4-7(5-2)6-3;/h4-6H2,1-3H3;. The van der Waals surface area contributed by atoms with Crippen molar-refractivity contribution in [3.8, 4) is 0 Å². The van der Waals surface area contributed by atoms with Gasteiger partial charge in [-0.05, 0) is 18.5 Å². The smallest absolute Gasteiger partial charge is 0 e. The van der Waals surface area contributed by atoms with Gasteiger partial charge in [-0.25, -0.2) is 0 Å². The maximum absolute atomic E-state index is 2.29. The SMILES string of the molecule is CCP(CC)CC.[Cu]. The van der Waals surface area contributed by atoms with Crippen molar-refractivity contribution in [3.05, 3.63) is 0 Å². The Morgan fingerprint density at radius 2 is 1.12 bits per heavy atom. The van der Waals surface area contributed by atoms with Crippen molar-refractivity contribution in [1.29, 1.82) is 0 Å². The fourth-order valence-electron chi connectivity index (χ4n) is 0.671. The molecule has 55 valence electrons. The van der Waals surface area contributed by atoms with Crippen molar-refractivity contribution in [2.75, 3.05) is 18.5 Å². The molecule has 0 bridgehead atoms. The van der Waals surface area contributed by atoms with Crippen LogP contribution in [0.1, 0.15) is 20.8 Å². The maximum Gasteiger partial charge on any atom is 0 e. The molecule has 0 heterocycles. The zero-order valence-electron chi connectivity index (χ0n) is 5.87. The minimum absolute atomic E-state index is 0. The first-order chi connectivity index (χ1) is 3.35. The molecule has 2 heteroatoms. The topological polar surface area (TPSA) is 0 Å². The molecule has 0 fully saturated rings. The Morgan fingerprint density at radius 1 is 0.875 bits per heavy atom. The Morgan fingerprint density at radius 3 is 1.12 bits per heavy atom. The number of rotatable bonds is 3. The van der Waals surface area contributed by atoms with Crippen LogP contribution in [0.3, 0.4) is 0 Å². The third kappa shape index (κ3) is 5.09. The van der Waals surface area contributed by atoms with Gasteiger partial charge in [-0.2, -0.15) is 0 Å². The van der Waals surface area contributed by atoms with E-state index in [1.54, 1.807) is 0 Å². The van der Waals surface area contributed by atoms with Gasteiger partial charge in [0.1, 0.15) is 0 Å². The van der Waals surface area contributed by atoms with Gasteiger partial charge in [0.05, 0.1) is 0 Å². The van der Waals surface area contributed by atoms with E-state index in [0.29, 0.717) is 7.92 Å². The second-order valence-electron chi connectivity index (χ2n) is 1.62. The van der Waals surface area contributed by atoms with Crippen LogP contribution in [0.25, 0.3) is 0 Å². The van der Waals surface area contributed by atoms with Crippen LogP contribution >= 0.6 is 7.92 Å². The Balaban J connectivity index is 0. The van der Waals surface area contributed by atoms with Crippen molar-refractivity contribution in [1.82, 2.24) is 0 Å². The van der Waals surface area contributed by atoms with Gasteiger partial charge >= 0.3 is 0 Å². The van der Waals surface area contributed by atoms with Gasteiger partial charge in [0.25, 0.3) is 0 Å². The summed E-state index contributed by atoms with van der Waals surface area (Å²) in [6, 6.07) is 0. The Hall–Kier alpha value is 0.949. The molecule has 0 saturated heterocycles. The zero-order chi connectivity index (χ0) is 5.70. The van der Waals surface area contributed by atoms with Gasteiger partial charge in [0.2, 0.25) is 0 Å². The summed E-state index contributed by atoms with van der Waals surface area (Å²) in [6.45, 7) is 6.87. The van der Waals surface area contributed by atoms with E-state index in [-0.39, 0.29) is 17.1 Å². The fraction of sp³-hybridized carbons (Fsp3) is 1.00. The van der Waals surface area contributed by atoms with Crippen LogP contribution < -0.4 is 0 Å². The van der Waals surface area contributed by atoms with E-state index < -0.39 is 0 Å². The van der Waals surface area contributed by atoms with Crippen LogP contribution in [0.15, 0.2) is 0 Å². The van der Waals surface area contributed by atoms with E-state index in [4.69, 9.17) is 0 Å². The first kappa shape index (κ1) is 11.7. The minimum atomic E-state index is 0. The van der Waals surface area contributed by atoms with Crippen LogP contribution in [-0.2, 0) is 17.1 Å². The second kappa shape index (κ2) is 7.95. The molecule has 0 aliphatic carbocycles. The second-order valence-corrected chi connectivity index (χ2v) is 4.86. The van der Waals surface area contributed by atoms with Crippen LogP contribution in [0.5, 0.6) is 0 Å². The van der Waals surface area contributed by atoms with E-state index in [9.17, 15) is 0 Å². The van der Waals surface area contributed by atoms with Gasteiger partial charge in [0.15, 0.2) is 0 Å². The summed E-state index contributed by atoms with van der Waals surface area (Å²) < 4.78 is 0. The molecule has 0 atom stereocenters. The van der Waals surface area contributed by atoms with Gasteiger partial charge in [-0.1, -0.05) is 20.8 Å². The van der Waals surface area contributed by atoms with Gasteiger partial charge in [0, 0.05) is 17.1 Å². The van der Waals surface area contributed by atoms with Crippen LogP contribution in [0, 0.1) is 0 Å². The molecule has 1 radical (unpaired) electrons. The summed E-state index contributed by atoms with van der Waals surface area (Å²) in [5, 5.41) is 0. The minimum Gasteiger partial charge on any atom is -0.108 e. The first-order valence-electron chi connectivity index (χ1n) is 3.07. The maximum atomic E-state index is 2.29. The van der Waals surface area contributed by atoms with E-state index >= 15 is 0 Å². The monoisotopic (exact) mass is 181 g/mol. The van der Waals surface area contributed by atoms with Crippen molar-refractivity contribution in [2.45, 2.75) is 20.8 Å². The van der Waals surface area contributed by atoms with Crippen molar-refractivity contribution >= 4 is 7.92 Å². The number of hydrogen-bond donors (Lipinski definition) is 0. The van der Waals surface area contributed by atoms with Crippen molar-refractivity contribution in [2.24, 2.45) is 0 Å². The average Bonchev–Trinajstić information content (AvgIpc) is 1.72. The number of hydrogen-bond acceptors (Lipinski definition) is 0. The predicted octanol–water partition coefficient (Wildman–Crippen LogP) is 2.53. The molecule has 0 nitrogen and oxygen atoms in total. The molecule has 0 rings (SSSR count). The fourth-order valence-corrected chi connectivity index (χ4v) is 2.01. The Labute approximate surface area is 64.7 Å². The summed E-state index contributed by atoms with van der Waals surface area (Å²) in [6.07, 6.45) is 4.26. The molecule has 0 aromatic rings. The van der Waals surface area contributed by atoms with Gasteiger partial charge < -0.3 is 0 Å². The molecule has 0 saturated carbocycles. The third-order valence-corrected chi connectivity index (χ3v) is 4.02. The van der Waals surface area contributed by atoms with Crippen molar-refractivity contribution < 1.29 is 17.1 Å². The van der Waals surface area contributed by atoms with E-state index in [0.717, 1.165) is 0 Å². The molecule has 0 aromatic carbocycles. The van der Waals surface area contributed by atoms with Crippen LogP contribution in [0.4, 0.5) is 0 Å². The predicted molar refractivity (Wildman–Crippen MR) is 38.5 cm³/mol. The molecule has 0 spiro atoms. The third-order valence-electron chi connectivity index (χ3n) is 1.34. The van der Waals surface area contributed by atoms with Gasteiger partial charge in [-0.3, -0.25) is 0 Å². The van der Waals surface area contributed by atoms with Crippen LogP contribution in [-0.4, -0.2) is 18.5 Å². The summed E-state index contributed by atoms with van der Waals surface area (Å²) in [4.78, 5) is 0. The summed E-state index contributed by atoms with van der Waals surface area (Å²) in [7, 11) is 0.446. The molecular weight excluding hydrogens is 167 g/mol. The average molecular weight is 182 g/mol. The molecular formula is C6H15CuP. The summed E-state index contributed by atoms with van der Waals surface area (Å²) >= 11 is 0. The summed E-state index contributed by atoms with van der Waals surface area (Å²) in [5.41, 5.74) is 0. The normalized spacial score (nSPS) is 9.00. The molecule has 0 aliphatic heterocycles. The first-order valence-corrected chi connectivity index (χ1v) is 4.97. The van der Waals surface area contributed by atoms with Crippen LogP contribution in [0.2, 0.25) is 0 Å². The molecule has 0 unspecified atom stereocenters. The molecule has 0 aliphatic rings. The molecule has 0 aromatic heterocycles. The Bertz CT molecular complexity index is 30.0. The van der Waals surface area contributed by atoms with Crippen molar-refractivity contribution in [3.63, 3.8) is 0 Å². The van der Waals surface area contributed by atoms with E-state index in [1.807, 2.05) is 0 Å². The Kier molecular flexibility index (Phi) is 11.6. The molecule has 0 amide bonds. The van der Waals surface area contributed by atoms with E-state index in [2.05, 4.69) is 20.8 Å². The molecule has 0 N–H and O–H groups in total. The summed E-state index contributed by atoms with van der Waals surface area (Å²) in [5.74, 6) is 0.